The van der Waals surface area contributed by atoms with Crippen molar-refractivity contribution in [1.82, 2.24) is 0 Å². The molecule has 0 bridgehead atoms. The van der Waals surface area contributed by atoms with E-state index in [1.165, 1.54) is 36.0 Å². The summed E-state index contributed by atoms with van der Waals surface area (Å²) >= 11 is 6.86. The third-order valence-corrected chi connectivity index (χ3v) is 4.92. The van der Waals surface area contributed by atoms with Crippen molar-refractivity contribution in [1.29, 1.82) is 0 Å². The van der Waals surface area contributed by atoms with E-state index >= 15 is 0 Å². The Balaban J connectivity index is 1.62. The van der Waals surface area contributed by atoms with Crippen LogP contribution in [-0.4, -0.2) is 27.2 Å². The summed E-state index contributed by atoms with van der Waals surface area (Å²) < 4.78 is 13.1. The van der Waals surface area contributed by atoms with Gasteiger partial charge in [-0.3, -0.25) is 9.59 Å². The number of thioether (sulfide) groups is 1. The molecule has 0 saturated carbocycles. The highest BCUT2D eigenvalue weighted by atomic mass is 35.5. The van der Waals surface area contributed by atoms with Gasteiger partial charge in [-0.25, -0.2) is 9.38 Å². The predicted octanol–water partition coefficient (Wildman–Crippen LogP) is 3.60. The maximum absolute atomic E-state index is 13.1. The Morgan fingerprint density at radius 1 is 1.28 bits per heavy atom. The number of rotatable bonds is 4. The van der Waals surface area contributed by atoms with E-state index in [2.05, 4.69) is 10.3 Å². The SMILES string of the molecule is O=C(C[C@@H]1SC(c2ccc(O)cc2)=NC1=O)Nc1ccc(F)c(Cl)c1. The summed E-state index contributed by atoms with van der Waals surface area (Å²) in [5, 5.41) is 11.7. The van der Waals surface area contributed by atoms with Gasteiger partial charge >= 0.3 is 0 Å². The van der Waals surface area contributed by atoms with Crippen molar-refractivity contribution in [2.24, 2.45) is 4.99 Å². The molecule has 2 aromatic rings. The monoisotopic (exact) mass is 378 g/mol. The van der Waals surface area contributed by atoms with Gasteiger partial charge in [-0.2, -0.15) is 0 Å². The van der Waals surface area contributed by atoms with Crippen molar-refractivity contribution in [3.63, 3.8) is 0 Å². The van der Waals surface area contributed by atoms with Crippen molar-refractivity contribution < 1.29 is 19.1 Å². The van der Waals surface area contributed by atoms with Gasteiger partial charge in [-0.1, -0.05) is 23.4 Å². The van der Waals surface area contributed by atoms with Crippen LogP contribution in [-0.2, 0) is 9.59 Å². The van der Waals surface area contributed by atoms with Gasteiger partial charge in [0.25, 0.3) is 5.91 Å². The van der Waals surface area contributed by atoms with E-state index in [0.717, 1.165) is 6.07 Å². The minimum atomic E-state index is -0.625. The number of anilines is 1. The van der Waals surface area contributed by atoms with Crippen LogP contribution < -0.4 is 5.32 Å². The lowest BCUT2D eigenvalue weighted by Gasteiger charge is -2.09. The second-order valence-corrected chi connectivity index (χ2v) is 6.89. The molecule has 2 N–H and O–H groups in total. The molecule has 2 amide bonds. The number of aliphatic imine (C=N–C) groups is 1. The van der Waals surface area contributed by atoms with Crippen molar-refractivity contribution in [3.05, 3.63) is 58.9 Å². The van der Waals surface area contributed by atoms with E-state index in [1.54, 1.807) is 12.1 Å². The predicted molar refractivity (Wildman–Crippen MR) is 95.7 cm³/mol. The molecule has 8 heteroatoms. The molecule has 2 aromatic carbocycles. The van der Waals surface area contributed by atoms with Gasteiger partial charge in [0, 0.05) is 17.7 Å². The molecule has 0 saturated heterocycles. The number of phenols is 1. The molecule has 0 fully saturated rings. The molecular weight excluding hydrogens is 367 g/mol. The quantitative estimate of drug-likeness (QED) is 0.852. The Kier molecular flexibility index (Phi) is 5.06. The van der Waals surface area contributed by atoms with Gasteiger partial charge < -0.3 is 10.4 Å². The van der Waals surface area contributed by atoms with Crippen molar-refractivity contribution in [3.8, 4) is 5.75 Å². The highest BCUT2D eigenvalue weighted by molar-refractivity contribution is 8.16. The van der Waals surface area contributed by atoms with Crippen molar-refractivity contribution >= 4 is 45.9 Å². The molecule has 1 heterocycles. The van der Waals surface area contributed by atoms with Gasteiger partial charge in [0.15, 0.2) is 0 Å². The highest BCUT2D eigenvalue weighted by Gasteiger charge is 2.31. The van der Waals surface area contributed by atoms with E-state index in [1.807, 2.05) is 0 Å². The summed E-state index contributed by atoms with van der Waals surface area (Å²) in [7, 11) is 0. The van der Waals surface area contributed by atoms with Crippen molar-refractivity contribution in [2.45, 2.75) is 11.7 Å². The van der Waals surface area contributed by atoms with E-state index in [4.69, 9.17) is 11.6 Å². The summed E-state index contributed by atoms with van der Waals surface area (Å²) in [4.78, 5) is 28.1. The smallest absolute Gasteiger partial charge is 0.260 e. The molecule has 0 aliphatic carbocycles. The van der Waals surface area contributed by atoms with Crippen molar-refractivity contribution in [2.75, 3.05) is 5.32 Å². The fourth-order valence-corrected chi connectivity index (χ4v) is 3.46. The summed E-state index contributed by atoms with van der Waals surface area (Å²) in [6, 6.07) is 10.1. The highest BCUT2D eigenvalue weighted by Crippen LogP contribution is 2.30. The van der Waals surface area contributed by atoms with E-state index < -0.39 is 17.0 Å². The van der Waals surface area contributed by atoms with E-state index in [9.17, 15) is 19.1 Å². The minimum absolute atomic E-state index is 0.0659. The molecule has 1 aliphatic rings. The molecule has 128 valence electrons. The minimum Gasteiger partial charge on any atom is -0.508 e. The van der Waals surface area contributed by atoms with Crippen LogP contribution in [0.4, 0.5) is 10.1 Å². The van der Waals surface area contributed by atoms with E-state index in [0.29, 0.717) is 16.3 Å². The fraction of sp³-hybridized carbons (Fsp3) is 0.118. The lowest BCUT2D eigenvalue weighted by molar-refractivity contribution is -0.121. The normalized spacial score (nSPS) is 16.6. The number of carbonyl (C=O) groups excluding carboxylic acids is 2. The van der Waals surface area contributed by atoms with Crippen LogP contribution in [0, 0.1) is 5.82 Å². The Hall–Kier alpha value is -2.38. The zero-order valence-electron chi connectivity index (χ0n) is 12.7. The summed E-state index contributed by atoms with van der Waals surface area (Å²) in [6.45, 7) is 0. The van der Waals surface area contributed by atoms with Crippen LogP contribution in [0.1, 0.15) is 12.0 Å². The average molecular weight is 379 g/mol. The Morgan fingerprint density at radius 2 is 2.00 bits per heavy atom. The standard InChI is InChI=1S/C17H12ClFN2O3S/c18-12-7-10(3-6-13(12)19)20-15(23)8-14-16(24)21-17(25-14)9-1-4-11(22)5-2-9/h1-7,14,22H,8H2,(H,20,23)/t14-/m0/s1. The Bertz CT molecular complexity index is 871. The topological polar surface area (TPSA) is 78.8 Å². The van der Waals surface area contributed by atoms with Gasteiger partial charge in [-0.05, 0) is 42.5 Å². The van der Waals surface area contributed by atoms with Crippen LogP contribution in [0.2, 0.25) is 5.02 Å². The number of nitrogens with one attached hydrogen (secondary N) is 1. The molecule has 3 rings (SSSR count). The summed E-state index contributed by atoms with van der Waals surface area (Å²) in [5.41, 5.74) is 1.05. The number of benzene rings is 2. The Labute approximate surface area is 151 Å². The summed E-state index contributed by atoms with van der Waals surface area (Å²) in [5.74, 6) is -1.24. The van der Waals surface area contributed by atoms with Crippen LogP contribution in [0.15, 0.2) is 47.5 Å². The number of phenolic OH excluding ortho intramolecular Hbond substituents is 1. The first-order chi connectivity index (χ1) is 11.9. The second kappa shape index (κ2) is 7.25. The van der Waals surface area contributed by atoms with Crippen LogP contribution in [0.5, 0.6) is 5.75 Å². The van der Waals surface area contributed by atoms with Gasteiger partial charge in [0.2, 0.25) is 5.91 Å². The number of carbonyl (C=O) groups is 2. The fourth-order valence-electron chi connectivity index (χ4n) is 2.20. The number of halogens is 2. The number of hydrogen-bond acceptors (Lipinski definition) is 4. The summed E-state index contributed by atoms with van der Waals surface area (Å²) in [6.07, 6.45) is -0.0659. The second-order valence-electron chi connectivity index (χ2n) is 5.29. The maximum Gasteiger partial charge on any atom is 0.260 e. The number of nitrogens with zero attached hydrogens (tertiary/aromatic N) is 1. The van der Waals surface area contributed by atoms with Crippen LogP contribution in [0.25, 0.3) is 0 Å². The third kappa shape index (κ3) is 4.18. The molecule has 25 heavy (non-hydrogen) atoms. The largest absolute Gasteiger partial charge is 0.508 e. The zero-order valence-corrected chi connectivity index (χ0v) is 14.3. The van der Waals surface area contributed by atoms with Crippen LogP contribution in [0.3, 0.4) is 0 Å². The molecule has 5 nitrogen and oxygen atoms in total. The molecule has 0 unspecified atom stereocenters. The number of amides is 2. The van der Waals surface area contributed by atoms with Gasteiger partial charge in [0.1, 0.15) is 21.9 Å². The van der Waals surface area contributed by atoms with Gasteiger partial charge in [-0.15, -0.1) is 0 Å². The van der Waals surface area contributed by atoms with Crippen LogP contribution >= 0.6 is 23.4 Å². The number of aromatic hydroxyl groups is 1. The lowest BCUT2D eigenvalue weighted by atomic mass is 10.2. The van der Waals surface area contributed by atoms with E-state index in [-0.39, 0.29) is 23.1 Å². The maximum atomic E-state index is 13.1. The molecule has 1 aliphatic heterocycles. The molecule has 0 spiro atoms. The third-order valence-electron chi connectivity index (χ3n) is 3.43. The first-order valence-corrected chi connectivity index (χ1v) is 8.51. The first-order valence-electron chi connectivity index (χ1n) is 7.26. The zero-order chi connectivity index (χ0) is 18.0. The molecule has 1 atom stereocenters. The molecule has 0 radical (unpaired) electrons. The first kappa shape index (κ1) is 17.4. The average Bonchev–Trinajstić information content (AvgIpc) is 2.92. The number of hydrogen-bond donors (Lipinski definition) is 2. The Morgan fingerprint density at radius 3 is 2.68 bits per heavy atom. The lowest BCUT2D eigenvalue weighted by Crippen LogP contribution is -2.21. The molecule has 0 aromatic heterocycles. The van der Waals surface area contributed by atoms with Gasteiger partial charge in [0.05, 0.1) is 5.02 Å². The molecular formula is C17H12ClFN2O3S.